The van der Waals surface area contributed by atoms with Crippen molar-refractivity contribution in [2.45, 2.75) is 12.6 Å². The number of methoxy groups -OCH3 is 3. The molecule has 0 bridgehead atoms. The van der Waals surface area contributed by atoms with E-state index in [9.17, 15) is 27.6 Å². The maximum atomic E-state index is 12.9. The monoisotopic (exact) mass is 728 g/mol. The van der Waals surface area contributed by atoms with Crippen molar-refractivity contribution in [3.8, 4) is 23.0 Å². The number of ether oxygens (including phenoxy) is 4. The van der Waals surface area contributed by atoms with Gasteiger partial charge in [-0.1, -0.05) is 12.1 Å². The van der Waals surface area contributed by atoms with Crippen LogP contribution in [0.2, 0.25) is 0 Å². The Balaban J connectivity index is 1.51. The zero-order chi connectivity index (χ0) is 32.3. The van der Waals surface area contributed by atoms with Crippen molar-refractivity contribution in [2.75, 3.05) is 39.8 Å². The first-order chi connectivity index (χ1) is 20.9. The first kappa shape index (κ1) is 34.0. The number of rotatable bonds is 12. The first-order valence-corrected chi connectivity index (χ1v) is 13.8. The van der Waals surface area contributed by atoms with Gasteiger partial charge in [-0.2, -0.15) is 18.3 Å². The Morgan fingerprint density at radius 1 is 0.909 bits per heavy atom. The average molecular weight is 728 g/mol. The topological polar surface area (TPSA) is 137 Å². The Hall–Kier alpha value is -4.54. The summed E-state index contributed by atoms with van der Waals surface area (Å²) < 4.78 is 60.6. The molecule has 0 spiro atoms. The molecule has 0 aromatic heterocycles. The number of alkyl halides is 3. The van der Waals surface area contributed by atoms with Crippen LogP contribution >= 0.6 is 22.6 Å². The third-order valence-electron chi connectivity index (χ3n) is 5.81. The van der Waals surface area contributed by atoms with Crippen molar-refractivity contribution in [3.05, 3.63) is 74.9 Å². The van der Waals surface area contributed by atoms with Gasteiger partial charge in [-0.05, 0) is 82.6 Å². The number of benzene rings is 3. The maximum absolute atomic E-state index is 12.9. The fraction of sp³-hybridized carbons (Fsp3) is 0.241. The molecule has 0 radical (unpaired) electrons. The lowest BCUT2D eigenvalue weighted by molar-refractivity contribution is -0.139. The molecule has 3 aromatic carbocycles. The Kier molecular flexibility index (Phi) is 12.2. The van der Waals surface area contributed by atoms with Gasteiger partial charge in [-0.25, -0.2) is 5.43 Å². The molecule has 3 N–H and O–H groups in total. The molecule has 234 valence electrons. The number of halogens is 4. The molecule has 0 aliphatic rings. The summed E-state index contributed by atoms with van der Waals surface area (Å²) in [6.45, 7) is -0.312. The highest BCUT2D eigenvalue weighted by Crippen LogP contribution is 2.34. The zero-order valence-corrected chi connectivity index (χ0v) is 25.9. The molecule has 0 heterocycles. The molecule has 0 atom stereocenters. The maximum Gasteiger partial charge on any atom is 0.416 e. The summed E-state index contributed by atoms with van der Waals surface area (Å²) in [5, 5.41) is 8.67. The summed E-state index contributed by atoms with van der Waals surface area (Å²) in [5.41, 5.74) is 2.56. The van der Waals surface area contributed by atoms with Gasteiger partial charge < -0.3 is 29.6 Å². The summed E-state index contributed by atoms with van der Waals surface area (Å²) in [7, 11) is 4.42. The normalized spacial score (nSPS) is 11.1. The van der Waals surface area contributed by atoms with Crippen LogP contribution in [-0.4, -0.2) is 58.4 Å². The fourth-order valence-corrected chi connectivity index (χ4v) is 4.50. The first-order valence-electron chi connectivity index (χ1n) is 12.7. The van der Waals surface area contributed by atoms with Gasteiger partial charge in [-0.15, -0.1) is 0 Å². The molecular formula is C29H28F3IN4O7. The van der Waals surface area contributed by atoms with Crippen LogP contribution in [0.15, 0.2) is 59.7 Å². The van der Waals surface area contributed by atoms with E-state index in [-0.39, 0.29) is 23.7 Å². The predicted octanol–water partition coefficient (Wildman–Crippen LogP) is 4.16. The minimum Gasteiger partial charge on any atom is -0.493 e. The highest BCUT2D eigenvalue weighted by atomic mass is 127. The number of nitrogens with zero attached hydrogens (tertiary/aromatic N) is 1. The minimum absolute atomic E-state index is 0.0321. The van der Waals surface area contributed by atoms with Gasteiger partial charge in [-0.3, -0.25) is 14.4 Å². The van der Waals surface area contributed by atoms with E-state index in [2.05, 4.69) is 21.2 Å². The van der Waals surface area contributed by atoms with E-state index in [1.54, 1.807) is 18.2 Å². The number of hydrogen-bond acceptors (Lipinski definition) is 8. The van der Waals surface area contributed by atoms with Gasteiger partial charge in [0.05, 0.1) is 36.7 Å². The van der Waals surface area contributed by atoms with Crippen LogP contribution in [0.25, 0.3) is 0 Å². The number of hydrogen-bond donors (Lipinski definition) is 3. The summed E-state index contributed by atoms with van der Waals surface area (Å²) in [5.74, 6) is -0.964. The van der Waals surface area contributed by atoms with Crippen LogP contribution in [-0.2, 0) is 27.0 Å². The number of amides is 3. The SMILES string of the molecule is COc1ccc(CCNC(=O)C(=O)N/N=C\c2cc(I)c(OCC(=O)Nc3cccc(C(F)(F)F)c3)c(OC)c2)cc1OC. The largest absolute Gasteiger partial charge is 0.493 e. The minimum atomic E-state index is -4.55. The van der Waals surface area contributed by atoms with Crippen LogP contribution < -0.4 is 35.0 Å². The van der Waals surface area contributed by atoms with Gasteiger partial charge in [0.2, 0.25) is 0 Å². The Labute approximate surface area is 264 Å². The van der Waals surface area contributed by atoms with Crippen molar-refractivity contribution in [1.29, 1.82) is 0 Å². The molecule has 0 unspecified atom stereocenters. The van der Waals surface area contributed by atoms with Crippen molar-refractivity contribution in [2.24, 2.45) is 5.10 Å². The highest BCUT2D eigenvalue weighted by Gasteiger charge is 2.30. The van der Waals surface area contributed by atoms with E-state index in [4.69, 9.17) is 18.9 Å². The van der Waals surface area contributed by atoms with Crippen LogP contribution in [0, 0.1) is 3.57 Å². The molecule has 3 aromatic rings. The zero-order valence-electron chi connectivity index (χ0n) is 23.7. The van der Waals surface area contributed by atoms with E-state index in [1.807, 2.05) is 28.7 Å². The summed E-state index contributed by atoms with van der Waals surface area (Å²) in [4.78, 5) is 36.6. The molecule has 0 aliphatic heterocycles. The van der Waals surface area contributed by atoms with E-state index in [1.165, 1.54) is 45.7 Å². The van der Waals surface area contributed by atoms with Gasteiger partial charge in [0, 0.05) is 12.2 Å². The number of carbonyl (C=O) groups is 3. The molecule has 3 amide bonds. The smallest absolute Gasteiger partial charge is 0.416 e. The molecule has 3 rings (SSSR count). The van der Waals surface area contributed by atoms with Gasteiger partial charge in [0.25, 0.3) is 5.91 Å². The fourth-order valence-electron chi connectivity index (χ4n) is 3.72. The lowest BCUT2D eigenvalue weighted by Gasteiger charge is -2.14. The Morgan fingerprint density at radius 2 is 1.64 bits per heavy atom. The molecule has 0 saturated heterocycles. The van der Waals surface area contributed by atoms with Crippen molar-refractivity contribution >= 4 is 52.2 Å². The van der Waals surface area contributed by atoms with E-state index in [0.717, 1.165) is 17.7 Å². The number of anilines is 1. The van der Waals surface area contributed by atoms with Gasteiger partial charge in [0.15, 0.2) is 29.6 Å². The van der Waals surface area contributed by atoms with E-state index >= 15 is 0 Å². The number of nitrogens with one attached hydrogen (secondary N) is 3. The standard InChI is InChI=1S/C29H28F3IN4O7/c1-41-22-8-7-17(12-23(22)42-2)9-10-34-27(39)28(40)37-35-15-18-11-21(33)26(24(13-18)43-3)44-16-25(38)36-20-6-4-5-19(14-20)29(30,31)32/h4-8,11-15H,9-10,16H2,1-3H3,(H,34,39)(H,36,38)(H,37,40)/b35-15-. The molecular weight excluding hydrogens is 700 g/mol. The van der Waals surface area contributed by atoms with E-state index in [0.29, 0.717) is 27.1 Å². The predicted molar refractivity (Wildman–Crippen MR) is 163 cm³/mol. The summed E-state index contributed by atoms with van der Waals surface area (Å²) in [6, 6.07) is 12.7. The Bertz CT molecular complexity index is 1530. The van der Waals surface area contributed by atoms with Crippen molar-refractivity contribution in [1.82, 2.24) is 10.7 Å². The number of hydrazone groups is 1. The third-order valence-corrected chi connectivity index (χ3v) is 6.61. The molecule has 0 saturated carbocycles. The van der Waals surface area contributed by atoms with Crippen LogP contribution in [0.3, 0.4) is 0 Å². The average Bonchev–Trinajstić information content (AvgIpc) is 2.99. The lowest BCUT2D eigenvalue weighted by atomic mass is 10.1. The lowest BCUT2D eigenvalue weighted by Crippen LogP contribution is -2.38. The second-order valence-corrected chi connectivity index (χ2v) is 10.0. The van der Waals surface area contributed by atoms with Crippen LogP contribution in [0.1, 0.15) is 16.7 Å². The molecule has 44 heavy (non-hydrogen) atoms. The highest BCUT2D eigenvalue weighted by molar-refractivity contribution is 14.1. The van der Waals surface area contributed by atoms with E-state index < -0.39 is 36.1 Å². The second-order valence-electron chi connectivity index (χ2n) is 8.84. The second kappa shape index (κ2) is 15.8. The summed E-state index contributed by atoms with van der Waals surface area (Å²) >= 11 is 1.93. The summed E-state index contributed by atoms with van der Waals surface area (Å²) in [6.07, 6.45) is -2.82. The molecule has 11 nitrogen and oxygen atoms in total. The molecule has 0 fully saturated rings. The van der Waals surface area contributed by atoms with Crippen LogP contribution in [0.4, 0.5) is 18.9 Å². The van der Waals surface area contributed by atoms with Gasteiger partial charge in [0.1, 0.15) is 0 Å². The molecule has 15 heteroatoms. The molecule has 0 aliphatic carbocycles. The number of carbonyl (C=O) groups excluding carboxylic acids is 3. The Morgan fingerprint density at radius 3 is 2.32 bits per heavy atom. The third kappa shape index (κ3) is 9.75. The van der Waals surface area contributed by atoms with Crippen molar-refractivity contribution in [3.63, 3.8) is 0 Å². The quantitative estimate of drug-likeness (QED) is 0.110. The van der Waals surface area contributed by atoms with Crippen molar-refractivity contribution < 1.29 is 46.5 Å². The van der Waals surface area contributed by atoms with Crippen LogP contribution in [0.5, 0.6) is 23.0 Å². The van der Waals surface area contributed by atoms with Gasteiger partial charge >= 0.3 is 18.0 Å².